The van der Waals surface area contributed by atoms with Crippen LogP contribution in [0.1, 0.15) is 31.9 Å². The second kappa shape index (κ2) is 8.55. The number of hydrogen-bond acceptors (Lipinski definition) is 4. The Bertz CT molecular complexity index is 379. The summed E-state index contributed by atoms with van der Waals surface area (Å²) in [7, 11) is 0. The predicted octanol–water partition coefficient (Wildman–Crippen LogP) is 3.26. The quantitative estimate of drug-likeness (QED) is 0.757. The van der Waals surface area contributed by atoms with Crippen molar-refractivity contribution in [3.63, 3.8) is 0 Å². The molecule has 0 spiro atoms. The molecule has 1 N–H and O–H groups in total. The van der Waals surface area contributed by atoms with E-state index in [0.717, 1.165) is 44.3 Å². The topological polar surface area (TPSA) is 30.5 Å². The van der Waals surface area contributed by atoms with E-state index >= 15 is 0 Å². The van der Waals surface area contributed by atoms with Crippen LogP contribution in [0.2, 0.25) is 0 Å². The Balaban J connectivity index is 1.89. The fourth-order valence-corrected chi connectivity index (χ4v) is 3.24. The van der Waals surface area contributed by atoms with Gasteiger partial charge in [0, 0.05) is 11.8 Å². The highest BCUT2D eigenvalue weighted by Crippen LogP contribution is 2.26. The van der Waals surface area contributed by atoms with Gasteiger partial charge in [-0.1, -0.05) is 26.0 Å². The fraction of sp³-hybridized carbons (Fsp3) is 0.625. The van der Waals surface area contributed by atoms with Crippen LogP contribution in [0.4, 0.5) is 0 Å². The van der Waals surface area contributed by atoms with Crippen LogP contribution in [-0.2, 0) is 4.74 Å². The van der Waals surface area contributed by atoms with Crippen LogP contribution in [-0.4, -0.2) is 37.4 Å². The molecule has 1 aliphatic heterocycles. The second-order valence-corrected chi connectivity index (χ2v) is 6.35. The predicted molar refractivity (Wildman–Crippen MR) is 85.7 cm³/mol. The van der Waals surface area contributed by atoms with Crippen LogP contribution in [0, 0.1) is 0 Å². The van der Waals surface area contributed by atoms with Gasteiger partial charge >= 0.3 is 0 Å². The Kier molecular flexibility index (Phi) is 6.70. The third kappa shape index (κ3) is 4.69. The highest BCUT2D eigenvalue weighted by molar-refractivity contribution is 8.00. The first-order chi connectivity index (χ1) is 9.83. The number of hydrogen-bond donors (Lipinski definition) is 1. The van der Waals surface area contributed by atoms with E-state index in [1.165, 1.54) is 5.56 Å². The summed E-state index contributed by atoms with van der Waals surface area (Å²) in [4.78, 5) is 0. The second-order valence-electron chi connectivity index (χ2n) is 5.02. The minimum absolute atomic E-state index is 0.408. The number of benzene rings is 1. The van der Waals surface area contributed by atoms with Gasteiger partial charge in [0.1, 0.15) is 5.75 Å². The van der Waals surface area contributed by atoms with E-state index < -0.39 is 0 Å². The van der Waals surface area contributed by atoms with Gasteiger partial charge in [0.05, 0.1) is 25.1 Å². The summed E-state index contributed by atoms with van der Waals surface area (Å²) in [6.45, 7) is 7.87. The van der Waals surface area contributed by atoms with Gasteiger partial charge in [0.25, 0.3) is 0 Å². The van der Waals surface area contributed by atoms with Gasteiger partial charge in [0.15, 0.2) is 0 Å². The molecule has 1 saturated heterocycles. The van der Waals surface area contributed by atoms with E-state index in [9.17, 15) is 0 Å². The summed E-state index contributed by atoms with van der Waals surface area (Å²) in [6, 6.07) is 8.91. The van der Waals surface area contributed by atoms with Crippen molar-refractivity contribution in [3.05, 3.63) is 29.8 Å². The third-order valence-corrected chi connectivity index (χ3v) is 4.58. The minimum Gasteiger partial charge on any atom is -0.494 e. The molecule has 0 bridgehead atoms. The molecule has 0 saturated carbocycles. The molecule has 4 heteroatoms. The largest absolute Gasteiger partial charge is 0.494 e. The zero-order chi connectivity index (χ0) is 14.2. The molecule has 112 valence electrons. The molecule has 0 aliphatic carbocycles. The highest BCUT2D eigenvalue weighted by atomic mass is 32.2. The van der Waals surface area contributed by atoms with Crippen molar-refractivity contribution in [2.24, 2.45) is 0 Å². The lowest BCUT2D eigenvalue weighted by Gasteiger charge is -2.27. The highest BCUT2D eigenvalue weighted by Gasteiger charge is 2.21. The maximum Gasteiger partial charge on any atom is 0.119 e. The van der Waals surface area contributed by atoms with E-state index in [-0.39, 0.29) is 0 Å². The van der Waals surface area contributed by atoms with Crippen LogP contribution < -0.4 is 10.1 Å². The molecule has 3 nitrogen and oxygen atoms in total. The molecule has 0 radical (unpaired) electrons. The molecule has 0 amide bonds. The zero-order valence-corrected chi connectivity index (χ0v) is 13.2. The van der Waals surface area contributed by atoms with Gasteiger partial charge < -0.3 is 14.8 Å². The lowest BCUT2D eigenvalue weighted by atomic mass is 10.1. The molecule has 1 aromatic rings. The normalized spacial score (nSPS) is 16.7. The Hall–Kier alpha value is -0.710. The van der Waals surface area contributed by atoms with E-state index in [2.05, 4.69) is 43.4 Å². The van der Waals surface area contributed by atoms with E-state index in [1.807, 2.05) is 11.8 Å². The average Bonchev–Trinajstić information content (AvgIpc) is 2.43. The standard InChI is InChI=1S/C16H25NO2S/c1-3-9-19-14-7-5-13(6-8-14)16(17-4-2)12-20-15-10-18-11-15/h5-8,15-17H,3-4,9-12H2,1-2H3. The Morgan fingerprint density at radius 2 is 2.05 bits per heavy atom. The molecular weight excluding hydrogens is 270 g/mol. The number of rotatable bonds is 9. The van der Waals surface area contributed by atoms with Crippen molar-refractivity contribution in [3.8, 4) is 5.75 Å². The molecule has 0 aromatic heterocycles. The molecular formula is C16H25NO2S. The van der Waals surface area contributed by atoms with Crippen LogP contribution in [0.5, 0.6) is 5.75 Å². The maximum atomic E-state index is 5.63. The van der Waals surface area contributed by atoms with Gasteiger partial charge in [-0.25, -0.2) is 0 Å². The number of thioether (sulfide) groups is 1. The average molecular weight is 295 g/mol. The van der Waals surface area contributed by atoms with Crippen LogP contribution in [0.15, 0.2) is 24.3 Å². The van der Waals surface area contributed by atoms with Crippen molar-refractivity contribution < 1.29 is 9.47 Å². The Labute approximate surface area is 126 Å². The van der Waals surface area contributed by atoms with Gasteiger partial charge in [0.2, 0.25) is 0 Å². The van der Waals surface area contributed by atoms with Crippen molar-refractivity contribution in [2.45, 2.75) is 31.6 Å². The van der Waals surface area contributed by atoms with Crippen LogP contribution in [0.25, 0.3) is 0 Å². The van der Waals surface area contributed by atoms with E-state index in [0.29, 0.717) is 11.3 Å². The first kappa shape index (κ1) is 15.7. The molecule has 1 aromatic carbocycles. The summed E-state index contributed by atoms with van der Waals surface area (Å²) < 4.78 is 10.9. The lowest BCUT2D eigenvalue weighted by molar-refractivity contribution is 0.0455. The third-order valence-electron chi connectivity index (χ3n) is 3.31. The molecule has 1 heterocycles. The maximum absolute atomic E-state index is 5.63. The summed E-state index contributed by atoms with van der Waals surface area (Å²) in [5.74, 6) is 2.06. The molecule has 1 atom stereocenters. The minimum atomic E-state index is 0.408. The van der Waals surface area contributed by atoms with Crippen molar-refractivity contribution in [2.75, 3.05) is 32.1 Å². The Morgan fingerprint density at radius 3 is 2.60 bits per heavy atom. The number of ether oxygens (including phenoxy) is 2. The molecule has 1 unspecified atom stereocenters. The van der Waals surface area contributed by atoms with Gasteiger partial charge in [-0.15, -0.1) is 0 Å². The SMILES string of the molecule is CCCOc1ccc(C(CSC2COC2)NCC)cc1. The molecule has 1 fully saturated rings. The van der Waals surface area contributed by atoms with Crippen LogP contribution >= 0.6 is 11.8 Å². The fourth-order valence-electron chi connectivity index (χ4n) is 2.08. The summed E-state index contributed by atoms with van der Waals surface area (Å²) in [5, 5.41) is 4.25. The number of nitrogens with one attached hydrogen (secondary N) is 1. The molecule has 1 aliphatic rings. The Morgan fingerprint density at radius 1 is 1.30 bits per heavy atom. The zero-order valence-electron chi connectivity index (χ0n) is 12.4. The van der Waals surface area contributed by atoms with Crippen molar-refractivity contribution in [1.29, 1.82) is 0 Å². The first-order valence-electron chi connectivity index (χ1n) is 7.49. The first-order valence-corrected chi connectivity index (χ1v) is 8.53. The van der Waals surface area contributed by atoms with E-state index in [4.69, 9.17) is 9.47 Å². The van der Waals surface area contributed by atoms with Crippen molar-refractivity contribution in [1.82, 2.24) is 5.32 Å². The van der Waals surface area contributed by atoms with E-state index in [1.54, 1.807) is 0 Å². The summed E-state index contributed by atoms with van der Waals surface area (Å²) in [6.07, 6.45) is 1.04. The smallest absolute Gasteiger partial charge is 0.119 e. The lowest BCUT2D eigenvalue weighted by Crippen LogP contribution is -2.32. The monoisotopic (exact) mass is 295 g/mol. The van der Waals surface area contributed by atoms with Gasteiger partial charge in [-0.2, -0.15) is 11.8 Å². The van der Waals surface area contributed by atoms with Crippen LogP contribution in [0.3, 0.4) is 0 Å². The van der Waals surface area contributed by atoms with Gasteiger partial charge in [-0.05, 0) is 30.7 Å². The molecule has 20 heavy (non-hydrogen) atoms. The van der Waals surface area contributed by atoms with Gasteiger partial charge in [-0.3, -0.25) is 0 Å². The summed E-state index contributed by atoms with van der Waals surface area (Å²) >= 11 is 2.01. The van der Waals surface area contributed by atoms with Crippen molar-refractivity contribution >= 4 is 11.8 Å². The summed E-state index contributed by atoms with van der Waals surface area (Å²) in [5.41, 5.74) is 1.34. The molecule has 2 rings (SSSR count).